The lowest BCUT2D eigenvalue weighted by molar-refractivity contribution is -0.144. The fourth-order valence-electron chi connectivity index (χ4n) is 4.22. The molecule has 1 amide bonds. The summed E-state index contributed by atoms with van der Waals surface area (Å²) < 4.78 is 8.68. The molecule has 1 aliphatic heterocycles. The normalized spacial score (nSPS) is 19.4. The summed E-state index contributed by atoms with van der Waals surface area (Å²) in [5.74, 6) is -0.0602. The van der Waals surface area contributed by atoms with Crippen LogP contribution in [0.25, 0.3) is 16.6 Å². The number of carbonyl (C=O) groups excluding carboxylic acids is 1. The first kappa shape index (κ1) is 21.2. The van der Waals surface area contributed by atoms with Crippen LogP contribution in [0.1, 0.15) is 44.9 Å². The number of ether oxygens (including phenoxy) is 1. The van der Waals surface area contributed by atoms with Crippen LogP contribution < -0.4 is 5.56 Å². The third-order valence-electron chi connectivity index (χ3n) is 5.66. The second kappa shape index (κ2) is 8.26. The van der Waals surface area contributed by atoms with E-state index in [0.717, 1.165) is 22.3 Å². The molecule has 1 aromatic carbocycles. The SMILES string of the molecule is Cc1ccccc1-n1ncc2c(C(C)C)nn(CC(=O)N3C[C@@H](C)O[C@H](C)C3)c(=O)c21. The Morgan fingerprint density at radius 1 is 1.19 bits per heavy atom. The molecule has 8 nitrogen and oxygen atoms in total. The number of fused-ring (bicyclic) bond motifs is 1. The van der Waals surface area contributed by atoms with Gasteiger partial charge in [0, 0.05) is 18.5 Å². The van der Waals surface area contributed by atoms with Gasteiger partial charge < -0.3 is 9.64 Å². The molecule has 0 spiro atoms. The van der Waals surface area contributed by atoms with Crippen molar-refractivity contribution < 1.29 is 9.53 Å². The molecule has 8 heteroatoms. The Kier molecular flexibility index (Phi) is 5.66. The van der Waals surface area contributed by atoms with E-state index in [0.29, 0.717) is 18.6 Å². The average Bonchev–Trinajstić information content (AvgIpc) is 3.14. The Morgan fingerprint density at radius 3 is 2.52 bits per heavy atom. The van der Waals surface area contributed by atoms with E-state index < -0.39 is 0 Å². The van der Waals surface area contributed by atoms with Crippen LogP contribution in [-0.4, -0.2) is 55.7 Å². The average molecular weight is 424 g/mol. The summed E-state index contributed by atoms with van der Waals surface area (Å²) in [5.41, 5.74) is 2.73. The standard InChI is InChI=1S/C23H29N5O3/c1-14(2)21-18-10-24-28(19-9-7-6-8-15(19)3)22(18)23(30)27(25-21)13-20(29)26-11-16(4)31-17(5)12-26/h6-10,14,16-17H,11-13H2,1-5H3/t16-,17-/m1/s1. The Balaban J connectivity index is 1.80. The largest absolute Gasteiger partial charge is 0.372 e. The molecule has 0 aliphatic carbocycles. The van der Waals surface area contributed by atoms with Gasteiger partial charge in [-0.15, -0.1) is 0 Å². The lowest BCUT2D eigenvalue weighted by atomic mass is 10.1. The topological polar surface area (TPSA) is 82.2 Å². The first-order valence-corrected chi connectivity index (χ1v) is 10.7. The van der Waals surface area contributed by atoms with E-state index in [1.165, 1.54) is 4.68 Å². The summed E-state index contributed by atoms with van der Waals surface area (Å²) >= 11 is 0. The summed E-state index contributed by atoms with van der Waals surface area (Å²) in [5, 5.41) is 9.81. The van der Waals surface area contributed by atoms with Gasteiger partial charge in [0.05, 0.1) is 29.8 Å². The number of carbonyl (C=O) groups is 1. The molecule has 3 aromatic rings. The number of hydrogen-bond acceptors (Lipinski definition) is 5. The third kappa shape index (κ3) is 3.99. The number of aryl methyl sites for hydroxylation is 1. The summed E-state index contributed by atoms with van der Waals surface area (Å²) in [6, 6.07) is 7.79. The van der Waals surface area contributed by atoms with Crippen molar-refractivity contribution in [3.05, 3.63) is 52.1 Å². The number of amides is 1. The van der Waals surface area contributed by atoms with Crippen molar-refractivity contribution in [1.82, 2.24) is 24.5 Å². The molecule has 2 atom stereocenters. The van der Waals surface area contributed by atoms with Gasteiger partial charge in [-0.1, -0.05) is 32.0 Å². The molecule has 164 valence electrons. The molecular weight excluding hydrogens is 394 g/mol. The fraction of sp³-hybridized carbons (Fsp3) is 0.478. The zero-order valence-electron chi connectivity index (χ0n) is 18.7. The van der Waals surface area contributed by atoms with Crippen molar-refractivity contribution >= 4 is 16.8 Å². The Bertz CT molecular complexity index is 1170. The highest BCUT2D eigenvalue weighted by molar-refractivity contribution is 5.83. The molecule has 1 fully saturated rings. The minimum atomic E-state index is -0.317. The highest BCUT2D eigenvalue weighted by Gasteiger charge is 2.27. The highest BCUT2D eigenvalue weighted by atomic mass is 16.5. The predicted octanol–water partition coefficient (Wildman–Crippen LogP) is 2.65. The Labute approximate surface area is 181 Å². The van der Waals surface area contributed by atoms with Crippen molar-refractivity contribution in [3.63, 3.8) is 0 Å². The van der Waals surface area contributed by atoms with Crippen molar-refractivity contribution in [2.45, 2.75) is 59.3 Å². The molecule has 0 bridgehead atoms. The van der Waals surface area contributed by atoms with Crippen LogP contribution >= 0.6 is 0 Å². The van der Waals surface area contributed by atoms with E-state index in [9.17, 15) is 9.59 Å². The zero-order valence-corrected chi connectivity index (χ0v) is 18.7. The van der Waals surface area contributed by atoms with Crippen LogP contribution in [0.5, 0.6) is 0 Å². The van der Waals surface area contributed by atoms with E-state index in [4.69, 9.17) is 4.74 Å². The van der Waals surface area contributed by atoms with Crippen LogP contribution in [-0.2, 0) is 16.1 Å². The number of morpholine rings is 1. The molecule has 0 unspecified atom stereocenters. The molecule has 0 saturated carbocycles. The predicted molar refractivity (Wildman–Crippen MR) is 119 cm³/mol. The second-order valence-electron chi connectivity index (χ2n) is 8.66. The van der Waals surface area contributed by atoms with E-state index in [2.05, 4.69) is 10.2 Å². The highest BCUT2D eigenvalue weighted by Crippen LogP contribution is 2.24. The minimum Gasteiger partial charge on any atom is -0.372 e. The molecule has 0 N–H and O–H groups in total. The lowest BCUT2D eigenvalue weighted by Gasteiger charge is -2.35. The van der Waals surface area contributed by atoms with E-state index in [1.54, 1.807) is 15.8 Å². The van der Waals surface area contributed by atoms with Crippen molar-refractivity contribution in [3.8, 4) is 5.69 Å². The Morgan fingerprint density at radius 2 is 1.87 bits per heavy atom. The third-order valence-corrected chi connectivity index (χ3v) is 5.66. The van der Waals surface area contributed by atoms with Crippen LogP contribution in [0.15, 0.2) is 35.3 Å². The number of benzene rings is 1. The maximum Gasteiger partial charge on any atom is 0.293 e. The van der Waals surface area contributed by atoms with Gasteiger partial charge >= 0.3 is 0 Å². The summed E-state index contributed by atoms with van der Waals surface area (Å²) in [4.78, 5) is 28.2. The maximum absolute atomic E-state index is 13.5. The van der Waals surface area contributed by atoms with E-state index in [1.807, 2.05) is 58.9 Å². The maximum atomic E-state index is 13.5. The van der Waals surface area contributed by atoms with Gasteiger partial charge in [-0.3, -0.25) is 9.59 Å². The van der Waals surface area contributed by atoms with Gasteiger partial charge in [-0.05, 0) is 38.3 Å². The lowest BCUT2D eigenvalue weighted by Crippen LogP contribution is -2.49. The molecule has 2 aromatic heterocycles. The molecule has 1 saturated heterocycles. The molecular formula is C23H29N5O3. The number of hydrogen-bond donors (Lipinski definition) is 0. The number of nitrogens with zero attached hydrogens (tertiary/aromatic N) is 5. The van der Waals surface area contributed by atoms with Gasteiger partial charge in [0.1, 0.15) is 12.1 Å². The van der Waals surface area contributed by atoms with Crippen LogP contribution in [0, 0.1) is 6.92 Å². The molecule has 4 rings (SSSR count). The molecule has 31 heavy (non-hydrogen) atoms. The zero-order chi connectivity index (χ0) is 22.3. The number of rotatable bonds is 4. The molecule has 1 aliphatic rings. The molecule has 3 heterocycles. The molecule has 0 radical (unpaired) electrons. The second-order valence-corrected chi connectivity index (χ2v) is 8.66. The van der Waals surface area contributed by atoms with E-state index >= 15 is 0 Å². The number of para-hydroxylation sites is 1. The summed E-state index contributed by atoms with van der Waals surface area (Å²) in [6.07, 6.45) is 1.63. The fourth-order valence-corrected chi connectivity index (χ4v) is 4.22. The monoisotopic (exact) mass is 423 g/mol. The number of aromatic nitrogens is 4. The smallest absolute Gasteiger partial charge is 0.293 e. The van der Waals surface area contributed by atoms with Crippen LogP contribution in [0.3, 0.4) is 0 Å². The van der Waals surface area contributed by atoms with Gasteiger partial charge in [0.15, 0.2) is 0 Å². The Hall–Kier alpha value is -3.00. The first-order chi connectivity index (χ1) is 14.8. The van der Waals surface area contributed by atoms with Crippen LogP contribution in [0.4, 0.5) is 0 Å². The van der Waals surface area contributed by atoms with Crippen molar-refractivity contribution in [2.75, 3.05) is 13.1 Å². The van der Waals surface area contributed by atoms with Gasteiger partial charge in [-0.2, -0.15) is 10.2 Å². The quantitative estimate of drug-likeness (QED) is 0.644. The summed E-state index contributed by atoms with van der Waals surface area (Å²) in [6.45, 7) is 10.8. The van der Waals surface area contributed by atoms with Gasteiger partial charge in [0.25, 0.3) is 5.56 Å². The van der Waals surface area contributed by atoms with Crippen LogP contribution in [0.2, 0.25) is 0 Å². The first-order valence-electron chi connectivity index (χ1n) is 10.7. The van der Waals surface area contributed by atoms with Gasteiger partial charge in [-0.25, -0.2) is 9.36 Å². The summed E-state index contributed by atoms with van der Waals surface area (Å²) in [7, 11) is 0. The van der Waals surface area contributed by atoms with E-state index in [-0.39, 0.29) is 36.1 Å². The minimum absolute atomic E-state index is 0.0337. The van der Waals surface area contributed by atoms with Crippen molar-refractivity contribution in [2.24, 2.45) is 0 Å². The van der Waals surface area contributed by atoms with Crippen molar-refractivity contribution in [1.29, 1.82) is 0 Å². The van der Waals surface area contributed by atoms with Gasteiger partial charge in [0.2, 0.25) is 5.91 Å².